The minimum Gasteiger partial charge on any atom is -0.361 e. The van der Waals surface area contributed by atoms with Crippen LogP contribution in [0.4, 0.5) is 0 Å². The minimum absolute atomic E-state index is 0.00628. The number of hydrogen-bond donors (Lipinski definition) is 1. The van der Waals surface area contributed by atoms with Crippen LogP contribution < -0.4 is 5.32 Å². The lowest BCUT2D eigenvalue weighted by molar-refractivity contribution is -0.120. The predicted octanol–water partition coefficient (Wildman–Crippen LogP) is 3.09. The SMILES string of the molecule is CCN(CC)[C@H](CNC(=O)Cc1c(C)noc1C)c1ccsc1. The Kier molecular flexibility index (Phi) is 6.36. The first-order chi connectivity index (χ1) is 11.1. The summed E-state index contributed by atoms with van der Waals surface area (Å²) >= 11 is 1.69. The summed E-state index contributed by atoms with van der Waals surface area (Å²) in [6.07, 6.45) is 0.315. The zero-order valence-corrected chi connectivity index (χ0v) is 15.1. The number of aryl methyl sites for hydroxylation is 2. The third-order valence-corrected chi connectivity index (χ3v) is 4.89. The fourth-order valence-electron chi connectivity index (χ4n) is 2.77. The number of carbonyl (C=O) groups excluding carboxylic acids is 1. The number of amides is 1. The molecular formula is C17H25N3O2S. The van der Waals surface area contributed by atoms with E-state index in [0.717, 1.165) is 30.1 Å². The second-order valence-electron chi connectivity index (χ2n) is 5.58. The number of thiophene rings is 1. The van der Waals surface area contributed by atoms with Crippen molar-refractivity contribution >= 4 is 17.2 Å². The first kappa shape index (κ1) is 17.7. The van der Waals surface area contributed by atoms with Crippen molar-refractivity contribution in [3.63, 3.8) is 0 Å². The normalized spacial score (nSPS) is 12.6. The Morgan fingerprint density at radius 1 is 1.39 bits per heavy atom. The average molecular weight is 335 g/mol. The largest absolute Gasteiger partial charge is 0.361 e. The molecule has 2 rings (SSSR count). The van der Waals surface area contributed by atoms with Gasteiger partial charge in [-0.05, 0) is 49.3 Å². The van der Waals surface area contributed by atoms with Crippen molar-refractivity contribution in [2.45, 2.75) is 40.2 Å². The second kappa shape index (κ2) is 8.26. The number of aromatic nitrogens is 1. The lowest BCUT2D eigenvalue weighted by Crippen LogP contribution is -2.38. The van der Waals surface area contributed by atoms with E-state index in [-0.39, 0.29) is 11.9 Å². The highest BCUT2D eigenvalue weighted by Gasteiger charge is 2.20. The molecule has 23 heavy (non-hydrogen) atoms. The molecule has 0 aliphatic rings. The lowest BCUT2D eigenvalue weighted by atomic mass is 10.1. The summed E-state index contributed by atoms with van der Waals surface area (Å²) in [6.45, 7) is 10.5. The van der Waals surface area contributed by atoms with Crippen molar-refractivity contribution < 1.29 is 9.32 Å². The number of hydrogen-bond acceptors (Lipinski definition) is 5. The van der Waals surface area contributed by atoms with Crippen LogP contribution in [-0.2, 0) is 11.2 Å². The van der Waals surface area contributed by atoms with E-state index in [2.05, 4.69) is 46.0 Å². The van der Waals surface area contributed by atoms with E-state index in [0.29, 0.717) is 13.0 Å². The van der Waals surface area contributed by atoms with E-state index in [1.165, 1.54) is 5.56 Å². The maximum Gasteiger partial charge on any atom is 0.224 e. The first-order valence-corrected chi connectivity index (χ1v) is 8.95. The zero-order valence-electron chi connectivity index (χ0n) is 14.3. The summed E-state index contributed by atoms with van der Waals surface area (Å²) in [4.78, 5) is 14.7. The highest BCUT2D eigenvalue weighted by atomic mass is 32.1. The van der Waals surface area contributed by atoms with Crippen LogP contribution in [0, 0.1) is 13.8 Å². The van der Waals surface area contributed by atoms with E-state index < -0.39 is 0 Å². The number of nitrogens with zero attached hydrogens (tertiary/aromatic N) is 2. The van der Waals surface area contributed by atoms with E-state index in [4.69, 9.17) is 4.52 Å². The van der Waals surface area contributed by atoms with Gasteiger partial charge in [-0.1, -0.05) is 19.0 Å². The maximum absolute atomic E-state index is 12.3. The Balaban J connectivity index is 1.99. The third-order valence-electron chi connectivity index (χ3n) is 4.19. The molecule has 2 heterocycles. The monoisotopic (exact) mass is 335 g/mol. The van der Waals surface area contributed by atoms with E-state index in [1.54, 1.807) is 11.3 Å². The molecule has 0 aliphatic carbocycles. The summed E-state index contributed by atoms with van der Waals surface area (Å²) in [5.41, 5.74) is 2.93. The molecule has 0 saturated carbocycles. The van der Waals surface area contributed by atoms with Crippen molar-refractivity contribution in [3.05, 3.63) is 39.4 Å². The average Bonchev–Trinajstić information content (AvgIpc) is 3.17. The number of rotatable bonds is 8. The number of likely N-dealkylation sites (N-methyl/N-ethyl adjacent to an activating group) is 1. The summed E-state index contributed by atoms with van der Waals surface area (Å²) < 4.78 is 5.12. The number of nitrogens with one attached hydrogen (secondary N) is 1. The summed E-state index contributed by atoms with van der Waals surface area (Å²) in [5.74, 6) is 0.725. The van der Waals surface area contributed by atoms with Gasteiger partial charge in [-0.2, -0.15) is 11.3 Å². The van der Waals surface area contributed by atoms with Crippen LogP contribution >= 0.6 is 11.3 Å². The molecule has 0 aromatic carbocycles. The van der Waals surface area contributed by atoms with Gasteiger partial charge in [-0.25, -0.2) is 0 Å². The fourth-order valence-corrected chi connectivity index (χ4v) is 3.48. The molecule has 1 atom stereocenters. The van der Waals surface area contributed by atoms with Gasteiger partial charge < -0.3 is 9.84 Å². The quantitative estimate of drug-likeness (QED) is 0.805. The smallest absolute Gasteiger partial charge is 0.224 e. The second-order valence-corrected chi connectivity index (χ2v) is 6.36. The van der Waals surface area contributed by atoms with Gasteiger partial charge in [-0.15, -0.1) is 0 Å². The summed E-state index contributed by atoms with van der Waals surface area (Å²) in [5, 5.41) is 11.2. The highest BCUT2D eigenvalue weighted by Crippen LogP contribution is 2.22. The van der Waals surface area contributed by atoms with E-state index in [9.17, 15) is 4.79 Å². The summed E-state index contributed by atoms with van der Waals surface area (Å²) in [7, 11) is 0. The van der Waals surface area contributed by atoms with Gasteiger partial charge in [0, 0.05) is 12.1 Å². The van der Waals surface area contributed by atoms with Crippen LogP contribution in [-0.4, -0.2) is 35.6 Å². The molecule has 1 N–H and O–H groups in total. The third kappa shape index (κ3) is 4.42. The van der Waals surface area contributed by atoms with Gasteiger partial charge in [0.05, 0.1) is 18.2 Å². The Labute approximate surface area is 141 Å². The number of carbonyl (C=O) groups is 1. The van der Waals surface area contributed by atoms with Gasteiger partial charge in [0.25, 0.3) is 0 Å². The topological polar surface area (TPSA) is 58.4 Å². The van der Waals surface area contributed by atoms with Crippen LogP contribution in [0.3, 0.4) is 0 Å². The van der Waals surface area contributed by atoms with Crippen molar-refractivity contribution in [3.8, 4) is 0 Å². The predicted molar refractivity (Wildman–Crippen MR) is 92.7 cm³/mol. The zero-order chi connectivity index (χ0) is 16.8. The van der Waals surface area contributed by atoms with Crippen LogP contribution in [0.2, 0.25) is 0 Å². The molecular weight excluding hydrogens is 310 g/mol. The van der Waals surface area contributed by atoms with Gasteiger partial charge in [0.2, 0.25) is 5.91 Å². The van der Waals surface area contributed by atoms with Crippen LogP contribution in [0.5, 0.6) is 0 Å². The summed E-state index contributed by atoms with van der Waals surface area (Å²) in [6, 6.07) is 2.35. The molecule has 5 nitrogen and oxygen atoms in total. The highest BCUT2D eigenvalue weighted by molar-refractivity contribution is 7.07. The standard InChI is InChI=1S/C17H25N3O2S/c1-5-20(6-2)16(14-7-8-23-11-14)10-18-17(21)9-15-12(3)19-22-13(15)4/h7-8,11,16H,5-6,9-10H2,1-4H3,(H,18,21)/t16-/m1/s1. The molecule has 0 saturated heterocycles. The van der Waals surface area contributed by atoms with Crippen LogP contribution in [0.25, 0.3) is 0 Å². The van der Waals surface area contributed by atoms with Crippen molar-refractivity contribution in [2.24, 2.45) is 0 Å². The van der Waals surface area contributed by atoms with E-state index >= 15 is 0 Å². The van der Waals surface area contributed by atoms with Crippen molar-refractivity contribution in [2.75, 3.05) is 19.6 Å². The van der Waals surface area contributed by atoms with Crippen LogP contribution in [0.15, 0.2) is 21.3 Å². The molecule has 0 fully saturated rings. The van der Waals surface area contributed by atoms with Gasteiger partial charge in [0.1, 0.15) is 5.76 Å². The van der Waals surface area contributed by atoms with Crippen molar-refractivity contribution in [1.82, 2.24) is 15.4 Å². The molecule has 1 amide bonds. The molecule has 126 valence electrons. The lowest BCUT2D eigenvalue weighted by Gasteiger charge is -2.29. The molecule has 2 aromatic rings. The Bertz CT molecular complexity index is 598. The first-order valence-electron chi connectivity index (χ1n) is 8.01. The molecule has 0 radical (unpaired) electrons. The van der Waals surface area contributed by atoms with Gasteiger partial charge in [0.15, 0.2) is 0 Å². The van der Waals surface area contributed by atoms with Crippen molar-refractivity contribution in [1.29, 1.82) is 0 Å². The fraction of sp³-hybridized carbons (Fsp3) is 0.529. The Morgan fingerprint density at radius 2 is 2.13 bits per heavy atom. The molecule has 0 aliphatic heterocycles. The maximum atomic E-state index is 12.3. The molecule has 0 bridgehead atoms. The molecule has 0 unspecified atom stereocenters. The van der Waals surface area contributed by atoms with Crippen LogP contribution in [0.1, 0.15) is 42.5 Å². The molecule has 0 spiro atoms. The van der Waals surface area contributed by atoms with Gasteiger partial charge in [-0.3, -0.25) is 9.69 Å². The molecule has 2 aromatic heterocycles. The van der Waals surface area contributed by atoms with E-state index in [1.807, 2.05) is 13.8 Å². The Hall–Kier alpha value is -1.66. The Morgan fingerprint density at radius 3 is 2.65 bits per heavy atom. The minimum atomic E-state index is 0.00628. The van der Waals surface area contributed by atoms with Gasteiger partial charge >= 0.3 is 0 Å². The molecule has 6 heteroatoms.